The SMILES string of the molecule is [CH3][Sn]([CH3])([CH3])[O]S(=O)(=O)c1ccccc1. The summed E-state index contributed by atoms with van der Waals surface area (Å²) in [5, 5.41) is 0. The first-order valence-electron chi connectivity index (χ1n) is 4.32. The summed E-state index contributed by atoms with van der Waals surface area (Å²) in [5.41, 5.74) is 0. The van der Waals surface area contributed by atoms with Crippen LogP contribution in [-0.4, -0.2) is 27.2 Å². The first kappa shape index (κ1) is 12.0. The normalized spacial score (nSPS) is 12.8. The Labute approximate surface area is 89.6 Å². The summed E-state index contributed by atoms with van der Waals surface area (Å²) in [4.78, 5) is 5.98. The molecule has 0 bridgehead atoms. The molecule has 1 aromatic carbocycles. The van der Waals surface area contributed by atoms with Crippen LogP contribution in [0, 0.1) is 0 Å². The summed E-state index contributed by atoms with van der Waals surface area (Å²) in [7, 11) is -3.52. The van der Waals surface area contributed by atoms with E-state index in [2.05, 4.69) is 0 Å². The Kier molecular flexibility index (Phi) is 3.60. The number of benzene rings is 1. The van der Waals surface area contributed by atoms with E-state index in [0.29, 0.717) is 0 Å². The van der Waals surface area contributed by atoms with Gasteiger partial charge in [0.1, 0.15) is 0 Å². The van der Waals surface area contributed by atoms with E-state index in [1.807, 2.05) is 14.8 Å². The van der Waals surface area contributed by atoms with Crippen LogP contribution in [0.25, 0.3) is 0 Å². The number of hydrogen-bond donors (Lipinski definition) is 0. The van der Waals surface area contributed by atoms with E-state index in [0.717, 1.165) is 0 Å². The molecule has 0 amide bonds. The van der Waals surface area contributed by atoms with E-state index >= 15 is 0 Å². The quantitative estimate of drug-likeness (QED) is 0.802. The van der Waals surface area contributed by atoms with Gasteiger partial charge in [-0.3, -0.25) is 0 Å². The van der Waals surface area contributed by atoms with Gasteiger partial charge in [0.2, 0.25) is 0 Å². The number of hydrogen-bond acceptors (Lipinski definition) is 3. The van der Waals surface area contributed by atoms with Crippen molar-refractivity contribution in [1.82, 2.24) is 0 Å². The van der Waals surface area contributed by atoms with Gasteiger partial charge in [-0.15, -0.1) is 0 Å². The first-order valence-corrected chi connectivity index (χ1v) is 15.5. The molecule has 14 heavy (non-hydrogen) atoms. The molecule has 0 fully saturated rings. The Morgan fingerprint density at radius 3 is 2.00 bits per heavy atom. The molecule has 0 saturated carbocycles. The predicted octanol–water partition coefficient (Wildman–Crippen LogP) is 2.23. The molecule has 78 valence electrons. The van der Waals surface area contributed by atoms with E-state index < -0.39 is 28.9 Å². The fraction of sp³-hybridized carbons (Fsp3) is 0.333. The van der Waals surface area contributed by atoms with Gasteiger partial charge in [-0.25, -0.2) is 0 Å². The van der Waals surface area contributed by atoms with Crippen molar-refractivity contribution in [3.8, 4) is 0 Å². The van der Waals surface area contributed by atoms with Crippen LogP contribution in [-0.2, 0) is 12.6 Å². The molecular formula is C9H14O3SSn. The average Bonchev–Trinajstić information content (AvgIpc) is 2.01. The Hall–Kier alpha value is -0.0713. The summed E-state index contributed by atoms with van der Waals surface area (Å²) in [6.45, 7) is 0. The summed E-state index contributed by atoms with van der Waals surface area (Å²) in [6, 6.07) is 8.25. The second kappa shape index (κ2) is 4.20. The van der Waals surface area contributed by atoms with Gasteiger partial charge in [0.05, 0.1) is 0 Å². The minimum atomic E-state index is -3.52. The summed E-state index contributed by atoms with van der Waals surface area (Å²) in [6.07, 6.45) is 0. The standard InChI is InChI=1S/C6H6O3S.3CH3.Sn/c7-10(8,9)6-4-2-1-3-5-6;;;;/h1-5H,(H,7,8,9);3*1H3;/q;;;;+1/p-1. The monoisotopic (exact) mass is 322 g/mol. The molecule has 0 atom stereocenters. The third-order valence-electron chi connectivity index (χ3n) is 1.39. The van der Waals surface area contributed by atoms with Crippen molar-refractivity contribution in [2.75, 3.05) is 0 Å². The molecule has 1 rings (SSSR count). The molecule has 0 N–H and O–H groups in total. The zero-order chi connectivity index (χ0) is 10.8. The van der Waals surface area contributed by atoms with Crippen molar-refractivity contribution < 1.29 is 10.9 Å². The van der Waals surface area contributed by atoms with Gasteiger partial charge in [-0.1, -0.05) is 0 Å². The first-order chi connectivity index (χ1) is 6.31. The van der Waals surface area contributed by atoms with Gasteiger partial charge in [-0.05, 0) is 0 Å². The topological polar surface area (TPSA) is 43.4 Å². The molecule has 0 unspecified atom stereocenters. The molecule has 0 radical (unpaired) electrons. The van der Waals surface area contributed by atoms with Gasteiger partial charge in [0, 0.05) is 0 Å². The fourth-order valence-corrected chi connectivity index (χ4v) is 8.67. The summed E-state index contributed by atoms with van der Waals surface area (Å²) >= 11 is -2.76. The second-order valence-electron chi connectivity index (χ2n) is 3.96. The van der Waals surface area contributed by atoms with Crippen molar-refractivity contribution in [1.29, 1.82) is 0 Å². The van der Waals surface area contributed by atoms with E-state index in [9.17, 15) is 8.42 Å². The fourth-order valence-electron chi connectivity index (χ4n) is 0.964. The zero-order valence-corrected chi connectivity index (χ0v) is 12.2. The predicted molar refractivity (Wildman–Crippen MR) is 58.1 cm³/mol. The van der Waals surface area contributed by atoms with Crippen LogP contribution in [0.1, 0.15) is 0 Å². The molecular weight excluding hydrogens is 307 g/mol. The maximum atomic E-state index is 11.7. The van der Waals surface area contributed by atoms with Gasteiger partial charge in [0.25, 0.3) is 0 Å². The van der Waals surface area contributed by atoms with Gasteiger partial charge in [0.15, 0.2) is 0 Å². The third kappa shape index (κ3) is 3.59. The average molecular weight is 321 g/mol. The van der Waals surface area contributed by atoms with E-state index in [-0.39, 0.29) is 4.90 Å². The molecule has 0 heterocycles. The van der Waals surface area contributed by atoms with Gasteiger partial charge in [-0.2, -0.15) is 0 Å². The van der Waals surface area contributed by atoms with Crippen molar-refractivity contribution in [2.24, 2.45) is 0 Å². The van der Waals surface area contributed by atoms with E-state index in [1.54, 1.807) is 30.3 Å². The van der Waals surface area contributed by atoms with E-state index in [4.69, 9.17) is 2.52 Å². The molecule has 0 aliphatic carbocycles. The molecule has 0 aliphatic heterocycles. The Morgan fingerprint density at radius 1 is 1.07 bits per heavy atom. The molecule has 3 nitrogen and oxygen atoms in total. The van der Waals surface area contributed by atoms with Crippen molar-refractivity contribution >= 4 is 28.9 Å². The molecule has 0 aromatic heterocycles. The summed E-state index contributed by atoms with van der Waals surface area (Å²) < 4.78 is 28.5. The molecule has 0 spiro atoms. The Bertz CT molecular complexity index is 392. The van der Waals surface area contributed by atoms with Crippen LogP contribution in [0.5, 0.6) is 0 Å². The zero-order valence-electron chi connectivity index (χ0n) is 8.52. The van der Waals surface area contributed by atoms with E-state index in [1.165, 1.54) is 0 Å². The Balaban J connectivity index is 2.99. The van der Waals surface area contributed by atoms with Crippen LogP contribution >= 0.6 is 0 Å². The maximum absolute atomic E-state index is 11.7. The molecule has 0 aliphatic rings. The van der Waals surface area contributed by atoms with Crippen LogP contribution in [0.3, 0.4) is 0 Å². The minimum absolute atomic E-state index is 0.242. The van der Waals surface area contributed by atoms with Gasteiger partial charge < -0.3 is 0 Å². The van der Waals surface area contributed by atoms with Crippen LogP contribution < -0.4 is 0 Å². The molecule has 0 saturated heterocycles. The number of rotatable bonds is 3. The van der Waals surface area contributed by atoms with Crippen LogP contribution in [0.4, 0.5) is 0 Å². The van der Waals surface area contributed by atoms with Crippen molar-refractivity contribution in [3.63, 3.8) is 0 Å². The summed E-state index contributed by atoms with van der Waals surface area (Å²) in [5.74, 6) is 0. The molecule has 5 heteroatoms. The van der Waals surface area contributed by atoms with Crippen LogP contribution in [0.2, 0.25) is 14.8 Å². The Morgan fingerprint density at radius 2 is 1.57 bits per heavy atom. The van der Waals surface area contributed by atoms with Crippen molar-refractivity contribution in [3.05, 3.63) is 30.3 Å². The third-order valence-corrected chi connectivity index (χ3v) is 9.12. The van der Waals surface area contributed by atoms with Crippen LogP contribution in [0.15, 0.2) is 35.2 Å². The van der Waals surface area contributed by atoms with Crippen molar-refractivity contribution in [2.45, 2.75) is 19.7 Å². The molecule has 1 aromatic rings. The second-order valence-corrected chi connectivity index (χ2v) is 19.0. The van der Waals surface area contributed by atoms with Gasteiger partial charge >= 0.3 is 89.9 Å².